The van der Waals surface area contributed by atoms with E-state index in [2.05, 4.69) is 0 Å². The van der Waals surface area contributed by atoms with Gasteiger partial charge in [0.25, 0.3) is 0 Å². The minimum atomic E-state index is 0.112. The van der Waals surface area contributed by atoms with Gasteiger partial charge in [0.05, 0.1) is 6.26 Å². The number of carbonyl (C=O) groups is 1. The summed E-state index contributed by atoms with van der Waals surface area (Å²) < 4.78 is 9.47. The Morgan fingerprint density at radius 1 is 1.67 bits per heavy atom. The summed E-state index contributed by atoms with van der Waals surface area (Å²) in [5, 5.41) is 0. The second kappa shape index (κ2) is 2.91. The summed E-state index contributed by atoms with van der Waals surface area (Å²) in [6, 6.07) is 0. The normalized spacial score (nSPS) is 16.7. The fourth-order valence-electron chi connectivity index (χ4n) is 0.452. The monoisotopic (exact) mass is 126 g/mol. The van der Waals surface area contributed by atoms with E-state index >= 15 is 0 Å². The van der Waals surface area contributed by atoms with Gasteiger partial charge in [0, 0.05) is 0 Å². The van der Waals surface area contributed by atoms with Gasteiger partial charge in [-0.3, -0.25) is 4.79 Å². The SMILES string of the molecule is O=CC1=CC=COCO1. The number of hydrogen-bond donors (Lipinski definition) is 0. The first-order valence-corrected chi connectivity index (χ1v) is 2.50. The zero-order valence-corrected chi connectivity index (χ0v) is 4.74. The molecule has 48 valence electrons. The van der Waals surface area contributed by atoms with Crippen molar-refractivity contribution in [1.29, 1.82) is 0 Å². The van der Waals surface area contributed by atoms with Crippen LogP contribution in [0.25, 0.3) is 0 Å². The highest BCUT2D eigenvalue weighted by Crippen LogP contribution is 1.98. The maximum absolute atomic E-state index is 10.0. The van der Waals surface area contributed by atoms with Gasteiger partial charge >= 0.3 is 0 Å². The van der Waals surface area contributed by atoms with Crippen molar-refractivity contribution in [3.05, 3.63) is 24.2 Å². The molecule has 0 bridgehead atoms. The van der Waals surface area contributed by atoms with Crippen LogP contribution in [0.5, 0.6) is 0 Å². The number of carbonyl (C=O) groups excluding carboxylic acids is 1. The number of ether oxygens (including phenoxy) is 2. The molecule has 0 spiro atoms. The Kier molecular flexibility index (Phi) is 1.90. The van der Waals surface area contributed by atoms with Crippen LogP contribution in [0.1, 0.15) is 0 Å². The van der Waals surface area contributed by atoms with Crippen LogP contribution in [-0.4, -0.2) is 13.1 Å². The molecule has 0 amide bonds. The van der Waals surface area contributed by atoms with Crippen molar-refractivity contribution >= 4 is 6.29 Å². The molecule has 3 nitrogen and oxygen atoms in total. The molecule has 1 aliphatic rings. The van der Waals surface area contributed by atoms with Crippen molar-refractivity contribution in [3.8, 4) is 0 Å². The summed E-state index contributed by atoms with van der Waals surface area (Å²) in [6.07, 6.45) is 5.26. The first kappa shape index (κ1) is 5.88. The number of rotatable bonds is 1. The fourth-order valence-corrected chi connectivity index (χ4v) is 0.452. The van der Waals surface area contributed by atoms with E-state index < -0.39 is 0 Å². The molecular formula is C6H6O3. The lowest BCUT2D eigenvalue weighted by Crippen LogP contribution is -1.94. The molecule has 0 aromatic carbocycles. The van der Waals surface area contributed by atoms with Crippen LogP contribution < -0.4 is 0 Å². The summed E-state index contributed by atoms with van der Waals surface area (Å²) in [4.78, 5) is 10.0. The topological polar surface area (TPSA) is 35.5 Å². The molecule has 1 aliphatic heterocycles. The number of hydrogen-bond acceptors (Lipinski definition) is 3. The van der Waals surface area contributed by atoms with E-state index in [1.807, 2.05) is 0 Å². The third-order valence-corrected chi connectivity index (χ3v) is 0.845. The van der Waals surface area contributed by atoms with E-state index in [9.17, 15) is 4.79 Å². The molecule has 0 N–H and O–H groups in total. The number of allylic oxidation sites excluding steroid dienone is 3. The van der Waals surface area contributed by atoms with E-state index in [4.69, 9.17) is 9.47 Å². The molecule has 0 saturated carbocycles. The smallest absolute Gasteiger partial charge is 0.230 e. The maximum atomic E-state index is 10.0. The summed E-state index contributed by atoms with van der Waals surface area (Å²) in [5.74, 6) is 0.295. The standard InChI is InChI=1S/C6H6O3/c7-4-6-2-1-3-8-5-9-6/h1-4H,5H2. The van der Waals surface area contributed by atoms with Crippen LogP contribution in [0.4, 0.5) is 0 Å². The molecule has 1 rings (SSSR count). The van der Waals surface area contributed by atoms with Gasteiger partial charge in [0.15, 0.2) is 12.0 Å². The summed E-state index contributed by atoms with van der Waals surface area (Å²) in [6.45, 7) is 0.112. The van der Waals surface area contributed by atoms with Gasteiger partial charge in [-0.15, -0.1) is 0 Å². The molecule has 0 atom stereocenters. The Bertz CT molecular complexity index is 158. The van der Waals surface area contributed by atoms with Gasteiger partial charge < -0.3 is 9.47 Å². The lowest BCUT2D eigenvalue weighted by Gasteiger charge is -1.99. The molecule has 0 aromatic rings. The van der Waals surface area contributed by atoms with Crippen LogP contribution in [0.3, 0.4) is 0 Å². The van der Waals surface area contributed by atoms with Gasteiger partial charge in [-0.25, -0.2) is 0 Å². The third kappa shape index (κ3) is 1.60. The molecule has 0 unspecified atom stereocenters. The summed E-state index contributed by atoms with van der Waals surface area (Å²) in [5.41, 5.74) is 0. The Labute approximate surface area is 52.6 Å². The quantitative estimate of drug-likeness (QED) is 0.482. The zero-order chi connectivity index (χ0) is 6.53. The highest BCUT2D eigenvalue weighted by molar-refractivity contribution is 5.70. The van der Waals surface area contributed by atoms with Crippen molar-refractivity contribution in [1.82, 2.24) is 0 Å². The zero-order valence-electron chi connectivity index (χ0n) is 4.74. The minimum Gasteiger partial charge on any atom is -0.465 e. The van der Waals surface area contributed by atoms with Gasteiger partial charge in [-0.1, -0.05) is 0 Å². The molecular weight excluding hydrogens is 120 g/mol. The molecule has 1 heterocycles. The Morgan fingerprint density at radius 2 is 2.56 bits per heavy atom. The molecule has 0 fully saturated rings. The molecule has 0 aromatic heterocycles. The van der Waals surface area contributed by atoms with Crippen LogP contribution in [0.15, 0.2) is 24.2 Å². The van der Waals surface area contributed by atoms with Crippen molar-refractivity contribution in [2.45, 2.75) is 0 Å². The van der Waals surface area contributed by atoms with E-state index in [0.29, 0.717) is 12.0 Å². The predicted molar refractivity (Wildman–Crippen MR) is 30.3 cm³/mol. The van der Waals surface area contributed by atoms with Crippen LogP contribution in [0.2, 0.25) is 0 Å². The maximum Gasteiger partial charge on any atom is 0.230 e. The summed E-state index contributed by atoms with van der Waals surface area (Å²) >= 11 is 0. The van der Waals surface area contributed by atoms with E-state index in [-0.39, 0.29) is 6.79 Å². The molecule has 0 radical (unpaired) electrons. The van der Waals surface area contributed by atoms with Gasteiger partial charge in [0.1, 0.15) is 0 Å². The molecule has 0 aliphatic carbocycles. The first-order chi connectivity index (χ1) is 4.43. The first-order valence-electron chi connectivity index (χ1n) is 2.50. The Morgan fingerprint density at radius 3 is 3.33 bits per heavy atom. The van der Waals surface area contributed by atoms with Crippen molar-refractivity contribution in [3.63, 3.8) is 0 Å². The van der Waals surface area contributed by atoms with Crippen LogP contribution in [-0.2, 0) is 14.3 Å². The summed E-state index contributed by atoms with van der Waals surface area (Å²) in [7, 11) is 0. The van der Waals surface area contributed by atoms with E-state index in [1.165, 1.54) is 6.26 Å². The minimum absolute atomic E-state index is 0.112. The Balaban J connectivity index is 2.59. The highest BCUT2D eigenvalue weighted by Gasteiger charge is 1.94. The van der Waals surface area contributed by atoms with Crippen molar-refractivity contribution < 1.29 is 14.3 Å². The lowest BCUT2D eigenvalue weighted by atomic mass is 10.5. The van der Waals surface area contributed by atoms with Crippen LogP contribution in [0, 0.1) is 0 Å². The van der Waals surface area contributed by atoms with E-state index in [1.54, 1.807) is 12.2 Å². The second-order valence-corrected chi connectivity index (χ2v) is 1.44. The average molecular weight is 126 g/mol. The number of aldehydes is 1. The second-order valence-electron chi connectivity index (χ2n) is 1.44. The average Bonchev–Trinajstić information content (AvgIpc) is 2.13. The largest absolute Gasteiger partial charge is 0.465 e. The molecule has 9 heavy (non-hydrogen) atoms. The van der Waals surface area contributed by atoms with Crippen molar-refractivity contribution in [2.75, 3.05) is 6.79 Å². The van der Waals surface area contributed by atoms with Crippen LogP contribution >= 0.6 is 0 Å². The van der Waals surface area contributed by atoms with Gasteiger partial charge in [-0.05, 0) is 12.2 Å². The predicted octanol–water partition coefficient (Wildman–Crippen LogP) is 0.587. The van der Waals surface area contributed by atoms with Crippen molar-refractivity contribution in [2.24, 2.45) is 0 Å². The third-order valence-electron chi connectivity index (χ3n) is 0.845. The fraction of sp³-hybridized carbons (Fsp3) is 0.167. The molecule has 0 saturated heterocycles. The lowest BCUT2D eigenvalue weighted by molar-refractivity contribution is -0.109. The van der Waals surface area contributed by atoms with Gasteiger partial charge in [-0.2, -0.15) is 0 Å². The van der Waals surface area contributed by atoms with E-state index in [0.717, 1.165) is 0 Å². The van der Waals surface area contributed by atoms with Gasteiger partial charge in [0.2, 0.25) is 6.79 Å². The Hall–Kier alpha value is -1.25. The molecule has 3 heteroatoms. The highest BCUT2D eigenvalue weighted by atomic mass is 16.7.